The van der Waals surface area contributed by atoms with Crippen molar-refractivity contribution in [3.63, 3.8) is 0 Å². The van der Waals surface area contributed by atoms with Crippen LogP contribution in [0.4, 0.5) is 0 Å². The maximum absolute atomic E-state index is 12.0. The van der Waals surface area contributed by atoms with Gasteiger partial charge in [-0.1, -0.05) is 12.1 Å². The molecule has 0 radical (unpaired) electrons. The molecule has 4 N–H and O–H groups in total. The van der Waals surface area contributed by atoms with Crippen LogP contribution in [0.3, 0.4) is 0 Å². The third kappa shape index (κ3) is 2.91. The van der Waals surface area contributed by atoms with Crippen LogP contribution in [-0.4, -0.2) is 31.4 Å². The number of carboxylic acids is 1. The number of hydrogen-bond donors (Lipinski definition) is 3. The molecule has 7 nitrogen and oxygen atoms in total. The predicted molar refractivity (Wildman–Crippen MR) is 74.0 cm³/mol. The van der Waals surface area contributed by atoms with Crippen LogP contribution >= 0.6 is 0 Å². The van der Waals surface area contributed by atoms with E-state index in [9.17, 15) is 23.1 Å². The Morgan fingerprint density at radius 1 is 1.29 bits per heavy atom. The molecule has 1 amide bonds. The molecule has 1 fully saturated rings. The number of nitrogens with two attached hydrogens (primary N) is 1. The van der Waals surface area contributed by atoms with Crippen molar-refractivity contribution < 1.29 is 23.1 Å². The van der Waals surface area contributed by atoms with E-state index in [4.69, 9.17) is 5.73 Å². The van der Waals surface area contributed by atoms with E-state index in [0.29, 0.717) is 18.4 Å². The monoisotopic (exact) mass is 312 g/mol. The van der Waals surface area contributed by atoms with Crippen molar-refractivity contribution in [1.29, 1.82) is 0 Å². The molecule has 0 aliphatic heterocycles. The molecule has 1 aliphatic rings. The molecule has 1 unspecified atom stereocenters. The lowest BCUT2D eigenvalue weighted by atomic mass is 9.96. The molecule has 1 saturated carbocycles. The van der Waals surface area contributed by atoms with Crippen molar-refractivity contribution in [1.82, 2.24) is 4.72 Å². The second-order valence-corrected chi connectivity index (χ2v) is 6.87. The number of rotatable bonds is 6. The molecule has 0 saturated heterocycles. The summed E-state index contributed by atoms with van der Waals surface area (Å²) in [6, 6.07) is 4.61. The van der Waals surface area contributed by atoms with Gasteiger partial charge in [0.2, 0.25) is 15.9 Å². The number of carbonyl (C=O) groups is 2. The zero-order valence-corrected chi connectivity index (χ0v) is 12.2. The molecule has 1 aromatic rings. The maximum Gasteiger partial charge on any atom is 0.314 e. The van der Waals surface area contributed by atoms with Crippen LogP contribution in [-0.2, 0) is 25.0 Å². The Hall–Kier alpha value is -1.93. The fourth-order valence-electron chi connectivity index (χ4n) is 2.06. The second-order valence-electron chi connectivity index (χ2n) is 5.16. The number of hydrogen-bond acceptors (Lipinski definition) is 4. The fraction of sp³-hybridized carbons (Fsp3) is 0.385. The standard InChI is InChI=1S/C13H16N2O5S/c1-8(11(14)16)15-21(19,20)10-4-2-9(3-5-10)13(6-7-13)12(17)18/h2-5,8,15H,6-7H2,1H3,(H2,14,16)(H,17,18). The Morgan fingerprint density at radius 2 is 1.81 bits per heavy atom. The van der Waals surface area contributed by atoms with E-state index in [-0.39, 0.29) is 4.90 Å². The number of carbonyl (C=O) groups excluding carboxylic acids is 1. The molecule has 21 heavy (non-hydrogen) atoms. The highest BCUT2D eigenvalue weighted by atomic mass is 32.2. The predicted octanol–water partition coefficient (Wildman–Crippen LogP) is -0.0451. The summed E-state index contributed by atoms with van der Waals surface area (Å²) in [4.78, 5) is 22.1. The average molecular weight is 312 g/mol. The molecule has 0 aromatic heterocycles. The summed E-state index contributed by atoms with van der Waals surface area (Å²) in [5, 5.41) is 9.18. The third-order valence-corrected chi connectivity index (χ3v) is 5.19. The molecule has 8 heteroatoms. The molecule has 2 rings (SSSR count). The molecule has 1 atom stereocenters. The van der Waals surface area contributed by atoms with Gasteiger partial charge in [-0.05, 0) is 37.5 Å². The van der Waals surface area contributed by atoms with Crippen molar-refractivity contribution in [3.8, 4) is 0 Å². The van der Waals surface area contributed by atoms with Gasteiger partial charge in [-0.3, -0.25) is 9.59 Å². The number of sulfonamides is 1. The van der Waals surface area contributed by atoms with Crippen LogP contribution in [0, 0.1) is 0 Å². The first-order valence-corrected chi connectivity index (χ1v) is 7.83. The first-order valence-electron chi connectivity index (χ1n) is 6.35. The zero-order valence-electron chi connectivity index (χ0n) is 11.4. The minimum Gasteiger partial charge on any atom is -0.481 e. The normalized spacial score (nSPS) is 18.0. The number of benzene rings is 1. The van der Waals surface area contributed by atoms with Gasteiger partial charge < -0.3 is 10.8 Å². The Morgan fingerprint density at radius 3 is 2.19 bits per heavy atom. The second kappa shape index (κ2) is 5.12. The number of nitrogens with one attached hydrogen (secondary N) is 1. The average Bonchev–Trinajstić information content (AvgIpc) is 3.19. The van der Waals surface area contributed by atoms with Gasteiger partial charge >= 0.3 is 5.97 Å². The Labute approximate surface area is 122 Å². The Bertz CT molecular complexity index is 677. The molecule has 0 heterocycles. The lowest BCUT2D eigenvalue weighted by Gasteiger charge is -2.13. The Kier molecular flexibility index (Phi) is 3.77. The lowest BCUT2D eigenvalue weighted by molar-refractivity contribution is -0.140. The zero-order chi connectivity index (χ0) is 15.8. The summed E-state index contributed by atoms with van der Waals surface area (Å²) < 4.78 is 26.2. The summed E-state index contributed by atoms with van der Waals surface area (Å²) in [6.07, 6.45) is 1.09. The number of primary amides is 1. The van der Waals surface area contributed by atoms with Gasteiger partial charge in [0.15, 0.2) is 0 Å². The van der Waals surface area contributed by atoms with Crippen LogP contribution in [0.2, 0.25) is 0 Å². The summed E-state index contributed by atoms with van der Waals surface area (Å²) in [7, 11) is -3.86. The summed E-state index contributed by atoms with van der Waals surface area (Å²) in [6.45, 7) is 1.35. The van der Waals surface area contributed by atoms with Gasteiger partial charge in [0.05, 0.1) is 16.4 Å². The minimum atomic E-state index is -3.86. The van der Waals surface area contributed by atoms with Crippen LogP contribution < -0.4 is 10.5 Å². The van der Waals surface area contributed by atoms with E-state index in [2.05, 4.69) is 4.72 Å². The van der Waals surface area contributed by atoms with Crippen LogP contribution in [0.1, 0.15) is 25.3 Å². The molecular weight excluding hydrogens is 296 g/mol. The van der Waals surface area contributed by atoms with Crippen molar-refractivity contribution in [2.24, 2.45) is 5.73 Å². The van der Waals surface area contributed by atoms with Crippen LogP contribution in [0.15, 0.2) is 29.2 Å². The quantitative estimate of drug-likeness (QED) is 0.679. The van der Waals surface area contributed by atoms with Gasteiger partial charge in [0, 0.05) is 0 Å². The molecular formula is C13H16N2O5S. The Balaban J connectivity index is 2.23. The number of amides is 1. The number of aliphatic carboxylic acids is 1. The molecule has 1 aromatic carbocycles. The summed E-state index contributed by atoms with van der Waals surface area (Å²) in [5.74, 6) is -1.68. The molecule has 0 bridgehead atoms. The highest BCUT2D eigenvalue weighted by molar-refractivity contribution is 7.89. The molecule has 1 aliphatic carbocycles. The van der Waals surface area contributed by atoms with Crippen LogP contribution in [0.25, 0.3) is 0 Å². The molecule has 114 valence electrons. The highest BCUT2D eigenvalue weighted by Crippen LogP contribution is 2.48. The van der Waals surface area contributed by atoms with E-state index >= 15 is 0 Å². The highest BCUT2D eigenvalue weighted by Gasteiger charge is 2.51. The summed E-state index contributed by atoms with van der Waals surface area (Å²) in [5.41, 5.74) is 4.71. The van der Waals surface area contributed by atoms with E-state index in [1.165, 1.54) is 31.2 Å². The largest absolute Gasteiger partial charge is 0.481 e. The van der Waals surface area contributed by atoms with E-state index in [1.54, 1.807) is 0 Å². The van der Waals surface area contributed by atoms with Crippen LogP contribution in [0.5, 0.6) is 0 Å². The van der Waals surface area contributed by atoms with Gasteiger partial charge in [-0.15, -0.1) is 0 Å². The number of carboxylic acid groups (broad SMARTS) is 1. The van der Waals surface area contributed by atoms with Gasteiger partial charge in [-0.25, -0.2) is 8.42 Å². The van der Waals surface area contributed by atoms with Gasteiger partial charge in [-0.2, -0.15) is 4.72 Å². The minimum absolute atomic E-state index is 0.0412. The maximum atomic E-state index is 12.0. The molecule has 0 spiro atoms. The third-order valence-electron chi connectivity index (χ3n) is 3.64. The van der Waals surface area contributed by atoms with Gasteiger partial charge in [0.1, 0.15) is 0 Å². The van der Waals surface area contributed by atoms with Crippen molar-refractivity contribution in [3.05, 3.63) is 29.8 Å². The van der Waals surface area contributed by atoms with Crippen molar-refractivity contribution in [2.75, 3.05) is 0 Å². The van der Waals surface area contributed by atoms with E-state index in [0.717, 1.165) is 0 Å². The van der Waals surface area contributed by atoms with Crippen molar-refractivity contribution >= 4 is 21.9 Å². The fourth-order valence-corrected chi connectivity index (χ4v) is 3.28. The van der Waals surface area contributed by atoms with E-state index in [1.807, 2.05) is 0 Å². The summed E-state index contributed by atoms with van der Waals surface area (Å²) >= 11 is 0. The topological polar surface area (TPSA) is 127 Å². The smallest absolute Gasteiger partial charge is 0.314 e. The lowest BCUT2D eigenvalue weighted by Crippen LogP contribution is -2.42. The first kappa shape index (κ1) is 15.5. The van der Waals surface area contributed by atoms with E-state index < -0.39 is 33.4 Å². The SMILES string of the molecule is CC(NS(=O)(=O)c1ccc(C2(C(=O)O)CC2)cc1)C(N)=O. The first-order chi connectivity index (χ1) is 9.69. The van der Waals surface area contributed by atoms with Crippen molar-refractivity contribution in [2.45, 2.75) is 36.1 Å². The van der Waals surface area contributed by atoms with Gasteiger partial charge in [0.25, 0.3) is 0 Å².